The number of carbonyl (C=O) groups excluding carboxylic acids is 3. The zero-order valence-corrected chi connectivity index (χ0v) is 17.1. The molecular weight excluding hydrogens is 412 g/mol. The Hall–Kier alpha value is -2.62. The van der Waals surface area contributed by atoms with Gasteiger partial charge in [0.2, 0.25) is 11.6 Å². The quantitative estimate of drug-likeness (QED) is 0.757. The number of hydrogen-bond donors (Lipinski definition) is 2. The number of alkyl halides is 2. The van der Waals surface area contributed by atoms with E-state index >= 15 is 0 Å². The standard InChI is InChI=1S/C18H22ClF2N3O5/c1-5-28-15(27)24-9-17(20,21)18(24,23-14(26)29-16(2,3)4)10-6-7-12(19)11(8-10)13(22)25/h6-8H,5,9H2,1-4H3,(H2,22,25)(H,23,26). The fourth-order valence-electron chi connectivity index (χ4n) is 2.93. The highest BCUT2D eigenvalue weighted by Gasteiger charge is 2.72. The Balaban J connectivity index is 2.62. The largest absolute Gasteiger partial charge is 0.450 e. The molecule has 0 aliphatic carbocycles. The maximum atomic E-state index is 15.0. The predicted octanol–water partition coefficient (Wildman–Crippen LogP) is 3.22. The first-order valence-electron chi connectivity index (χ1n) is 8.68. The number of benzene rings is 1. The lowest BCUT2D eigenvalue weighted by atomic mass is 9.82. The smallest absolute Gasteiger partial charge is 0.412 e. The summed E-state index contributed by atoms with van der Waals surface area (Å²) in [5.41, 5.74) is 1.07. The van der Waals surface area contributed by atoms with Crippen LogP contribution in [-0.4, -0.2) is 47.7 Å². The molecule has 8 nitrogen and oxygen atoms in total. The molecule has 1 unspecified atom stereocenters. The summed E-state index contributed by atoms with van der Waals surface area (Å²) in [6, 6.07) is 3.33. The maximum absolute atomic E-state index is 15.0. The summed E-state index contributed by atoms with van der Waals surface area (Å²) in [4.78, 5) is 37.0. The molecule has 11 heteroatoms. The van der Waals surface area contributed by atoms with Gasteiger partial charge in [0.15, 0.2) is 0 Å². The molecule has 0 spiro atoms. The number of amides is 3. The molecule has 160 valence electrons. The Kier molecular flexibility index (Phi) is 5.99. The lowest BCUT2D eigenvalue weighted by Crippen LogP contribution is -2.80. The number of nitrogens with two attached hydrogens (primary N) is 1. The molecule has 2 rings (SSSR count). The van der Waals surface area contributed by atoms with Crippen molar-refractivity contribution in [2.45, 2.75) is 44.9 Å². The molecule has 1 aliphatic rings. The van der Waals surface area contributed by atoms with Crippen LogP contribution in [0.15, 0.2) is 18.2 Å². The van der Waals surface area contributed by atoms with Crippen molar-refractivity contribution < 1.29 is 32.6 Å². The summed E-state index contributed by atoms with van der Waals surface area (Å²) < 4.78 is 39.8. The molecular formula is C18H22ClF2N3O5. The van der Waals surface area contributed by atoms with Crippen LogP contribution in [0.25, 0.3) is 0 Å². The van der Waals surface area contributed by atoms with E-state index in [0.29, 0.717) is 4.90 Å². The molecule has 1 atom stereocenters. The third kappa shape index (κ3) is 4.21. The summed E-state index contributed by atoms with van der Waals surface area (Å²) in [5, 5.41) is 2.02. The third-order valence-corrected chi connectivity index (χ3v) is 4.44. The first-order valence-corrected chi connectivity index (χ1v) is 9.06. The molecule has 3 N–H and O–H groups in total. The highest BCUT2D eigenvalue weighted by molar-refractivity contribution is 6.33. The van der Waals surface area contributed by atoms with Crippen molar-refractivity contribution in [3.63, 3.8) is 0 Å². The molecule has 0 aromatic heterocycles. The fourth-order valence-corrected chi connectivity index (χ4v) is 3.14. The van der Waals surface area contributed by atoms with E-state index in [1.807, 2.05) is 0 Å². The second-order valence-electron chi connectivity index (χ2n) is 7.39. The van der Waals surface area contributed by atoms with Crippen molar-refractivity contribution in [3.05, 3.63) is 34.3 Å². The number of ether oxygens (including phenoxy) is 2. The van der Waals surface area contributed by atoms with Gasteiger partial charge in [-0.1, -0.05) is 17.7 Å². The Morgan fingerprint density at radius 3 is 2.41 bits per heavy atom. The summed E-state index contributed by atoms with van der Waals surface area (Å²) in [6.45, 7) is 5.07. The Labute approximate surface area is 171 Å². The van der Waals surface area contributed by atoms with Crippen molar-refractivity contribution in [2.24, 2.45) is 5.73 Å². The molecule has 0 bridgehead atoms. The molecule has 1 heterocycles. The zero-order valence-electron chi connectivity index (χ0n) is 16.3. The van der Waals surface area contributed by atoms with E-state index in [1.165, 1.54) is 13.0 Å². The monoisotopic (exact) mass is 433 g/mol. The molecule has 1 aromatic carbocycles. The molecule has 1 saturated heterocycles. The minimum absolute atomic E-state index is 0.0704. The number of nitrogens with one attached hydrogen (secondary N) is 1. The van der Waals surface area contributed by atoms with Gasteiger partial charge in [0.25, 0.3) is 0 Å². The van der Waals surface area contributed by atoms with Crippen LogP contribution in [-0.2, 0) is 15.1 Å². The number of halogens is 3. The van der Waals surface area contributed by atoms with E-state index in [0.717, 1.165) is 12.1 Å². The van der Waals surface area contributed by atoms with Crippen molar-refractivity contribution in [1.29, 1.82) is 0 Å². The van der Waals surface area contributed by atoms with E-state index < -0.39 is 41.8 Å². The van der Waals surface area contributed by atoms with Gasteiger partial charge in [-0.2, -0.15) is 8.78 Å². The SMILES string of the molecule is CCOC(=O)N1CC(F)(F)C1(NC(=O)OC(C)(C)C)c1ccc(Cl)c(C(N)=O)c1. The van der Waals surface area contributed by atoms with Gasteiger partial charge in [-0.05, 0) is 39.8 Å². The molecule has 1 fully saturated rings. The predicted molar refractivity (Wildman–Crippen MR) is 99.7 cm³/mol. The van der Waals surface area contributed by atoms with Crippen LogP contribution in [0.1, 0.15) is 43.6 Å². The van der Waals surface area contributed by atoms with Crippen LogP contribution < -0.4 is 11.1 Å². The Morgan fingerprint density at radius 2 is 1.93 bits per heavy atom. The third-order valence-electron chi connectivity index (χ3n) is 4.11. The van der Waals surface area contributed by atoms with E-state index in [4.69, 9.17) is 26.8 Å². The number of nitrogens with zero attached hydrogens (tertiary/aromatic N) is 1. The van der Waals surface area contributed by atoms with Crippen LogP contribution >= 0.6 is 11.6 Å². The summed E-state index contributed by atoms with van der Waals surface area (Å²) in [5.74, 6) is -4.58. The van der Waals surface area contributed by atoms with Gasteiger partial charge in [0, 0.05) is 5.56 Å². The summed E-state index contributed by atoms with van der Waals surface area (Å²) >= 11 is 5.91. The molecule has 29 heavy (non-hydrogen) atoms. The van der Waals surface area contributed by atoms with Gasteiger partial charge in [-0.25, -0.2) is 9.59 Å². The van der Waals surface area contributed by atoms with Crippen LogP contribution in [0.4, 0.5) is 18.4 Å². The number of primary amides is 1. The average molecular weight is 434 g/mol. The van der Waals surface area contributed by atoms with Crippen LogP contribution in [0.3, 0.4) is 0 Å². The maximum Gasteiger partial charge on any atom is 0.412 e. The van der Waals surface area contributed by atoms with E-state index in [9.17, 15) is 23.2 Å². The topological polar surface area (TPSA) is 111 Å². The summed E-state index contributed by atoms with van der Waals surface area (Å²) in [6.07, 6.45) is -2.27. The minimum atomic E-state index is -3.61. The summed E-state index contributed by atoms with van der Waals surface area (Å²) in [7, 11) is 0. The average Bonchev–Trinajstić information content (AvgIpc) is 2.56. The van der Waals surface area contributed by atoms with Crippen LogP contribution in [0, 0.1) is 0 Å². The Bertz CT molecular complexity index is 843. The fraction of sp³-hybridized carbons (Fsp3) is 0.500. The van der Waals surface area contributed by atoms with E-state index in [2.05, 4.69) is 5.32 Å². The number of alkyl carbamates (subject to hydrolysis) is 1. The van der Waals surface area contributed by atoms with Gasteiger partial charge in [-0.3, -0.25) is 15.0 Å². The minimum Gasteiger partial charge on any atom is -0.450 e. The molecule has 3 amide bonds. The zero-order chi connectivity index (χ0) is 22.2. The second-order valence-corrected chi connectivity index (χ2v) is 7.79. The molecule has 0 radical (unpaired) electrons. The van der Waals surface area contributed by atoms with Crippen molar-refractivity contribution >= 4 is 29.7 Å². The first kappa shape index (κ1) is 22.7. The normalized spacial score (nSPS) is 20.4. The van der Waals surface area contributed by atoms with Gasteiger partial charge in [0.05, 0.1) is 23.7 Å². The molecule has 1 aromatic rings. The number of rotatable bonds is 4. The van der Waals surface area contributed by atoms with Crippen LogP contribution in [0.2, 0.25) is 5.02 Å². The number of likely N-dealkylation sites (tertiary alicyclic amines) is 1. The van der Waals surface area contributed by atoms with Gasteiger partial charge >= 0.3 is 18.1 Å². The van der Waals surface area contributed by atoms with Gasteiger partial charge in [-0.15, -0.1) is 0 Å². The number of hydrogen-bond acceptors (Lipinski definition) is 5. The van der Waals surface area contributed by atoms with Crippen molar-refractivity contribution in [1.82, 2.24) is 10.2 Å². The van der Waals surface area contributed by atoms with Gasteiger partial charge < -0.3 is 15.2 Å². The number of carbonyl (C=O) groups is 3. The molecule has 1 aliphatic heterocycles. The van der Waals surface area contributed by atoms with Crippen molar-refractivity contribution in [2.75, 3.05) is 13.2 Å². The Morgan fingerprint density at radius 1 is 1.31 bits per heavy atom. The highest BCUT2D eigenvalue weighted by Crippen LogP contribution is 2.50. The van der Waals surface area contributed by atoms with E-state index in [-0.39, 0.29) is 22.8 Å². The lowest BCUT2D eigenvalue weighted by Gasteiger charge is -2.56. The lowest BCUT2D eigenvalue weighted by molar-refractivity contribution is -0.248. The second kappa shape index (κ2) is 7.66. The highest BCUT2D eigenvalue weighted by atomic mass is 35.5. The van der Waals surface area contributed by atoms with E-state index in [1.54, 1.807) is 20.8 Å². The molecule has 0 saturated carbocycles. The van der Waals surface area contributed by atoms with Crippen molar-refractivity contribution in [3.8, 4) is 0 Å². The van der Waals surface area contributed by atoms with Gasteiger partial charge in [0.1, 0.15) is 5.60 Å². The first-order chi connectivity index (χ1) is 13.2. The van der Waals surface area contributed by atoms with Crippen LogP contribution in [0.5, 0.6) is 0 Å².